The first-order valence-corrected chi connectivity index (χ1v) is 9.87. The lowest BCUT2D eigenvalue weighted by atomic mass is 10.1. The fraction of sp³-hybridized carbons (Fsp3) is 0.364. The van der Waals surface area contributed by atoms with Crippen molar-refractivity contribution >= 4 is 11.6 Å². The molecule has 0 N–H and O–H groups in total. The van der Waals surface area contributed by atoms with E-state index in [1.54, 1.807) is 17.0 Å². The molecule has 1 amide bonds. The molecule has 1 aliphatic rings. The zero-order chi connectivity index (χ0) is 22.5. The molecule has 8 nitrogen and oxygen atoms in total. The van der Waals surface area contributed by atoms with Crippen molar-refractivity contribution in [1.29, 1.82) is 5.26 Å². The van der Waals surface area contributed by atoms with Gasteiger partial charge in [0.2, 0.25) is 0 Å². The molecule has 2 atom stereocenters. The van der Waals surface area contributed by atoms with E-state index in [0.29, 0.717) is 19.6 Å². The molecular weight excluding hydrogens is 403 g/mol. The number of ether oxygens (including phenoxy) is 1. The summed E-state index contributed by atoms with van der Waals surface area (Å²) in [5, 5.41) is 20.1. The summed E-state index contributed by atoms with van der Waals surface area (Å²) in [5.41, 5.74) is 0.791. The monoisotopic (exact) mass is 426 g/mol. The van der Waals surface area contributed by atoms with Crippen LogP contribution in [-0.4, -0.2) is 52.4 Å². The van der Waals surface area contributed by atoms with Crippen LogP contribution < -0.4 is 4.74 Å². The summed E-state index contributed by atoms with van der Waals surface area (Å²) in [4.78, 5) is 27.3. The smallest absolute Gasteiger partial charge is 0.312 e. The number of nitro groups is 1. The van der Waals surface area contributed by atoms with Gasteiger partial charge < -0.3 is 9.64 Å². The van der Waals surface area contributed by atoms with Crippen LogP contribution >= 0.6 is 0 Å². The highest BCUT2D eigenvalue weighted by atomic mass is 19.1. The van der Waals surface area contributed by atoms with Crippen LogP contribution in [0.15, 0.2) is 42.5 Å². The summed E-state index contributed by atoms with van der Waals surface area (Å²) in [6, 6.07) is 12.1. The van der Waals surface area contributed by atoms with Crippen LogP contribution in [0.1, 0.15) is 25.0 Å². The predicted octanol–water partition coefficient (Wildman–Crippen LogP) is 3.11. The van der Waals surface area contributed by atoms with Gasteiger partial charge in [0.05, 0.1) is 16.6 Å². The molecular formula is C22H23FN4O4. The summed E-state index contributed by atoms with van der Waals surface area (Å²) in [5.74, 6) is -0.587. The second-order valence-corrected chi connectivity index (χ2v) is 7.64. The highest BCUT2D eigenvalue weighted by molar-refractivity contribution is 5.78. The van der Waals surface area contributed by atoms with Gasteiger partial charge >= 0.3 is 5.69 Å². The largest absolute Gasteiger partial charge is 0.477 e. The van der Waals surface area contributed by atoms with Gasteiger partial charge in [-0.1, -0.05) is 12.1 Å². The summed E-state index contributed by atoms with van der Waals surface area (Å²) in [6.45, 7) is 5.40. The minimum absolute atomic E-state index is 0.0482. The minimum Gasteiger partial charge on any atom is -0.477 e. The number of carbonyl (C=O) groups excluding carboxylic acids is 1. The lowest BCUT2D eigenvalue weighted by Crippen LogP contribution is -2.58. The van der Waals surface area contributed by atoms with Crippen molar-refractivity contribution in [2.75, 3.05) is 19.7 Å². The maximum atomic E-state index is 13.1. The van der Waals surface area contributed by atoms with Crippen molar-refractivity contribution in [3.05, 3.63) is 69.5 Å². The highest BCUT2D eigenvalue weighted by Crippen LogP contribution is 2.28. The van der Waals surface area contributed by atoms with Crippen LogP contribution in [0.3, 0.4) is 0 Å². The fourth-order valence-corrected chi connectivity index (χ4v) is 3.66. The van der Waals surface area contributed by atoms with E-state index in [1.165, 1.54) is 24.3 Å². The second-order valence-electron chi connectivity index (χ2n) is 7.64. The minimum atomic E-state index is -0.639. The molecule has 1 saturated heterocycles. The third kappa shape index (κ3) is 5.35. The van der Waals surface area contributed by atoms with Crippen LogP contribution in [0.4, 0.5) is 10.1 Å². The molecule has 0 unspecified atom stereocenters. The molecule has 9 heteroatoms. The molecule has 3 rings (SSSR count). The third-order valence-electron chi connectivity index (χ3n) is 5.37. The van der Waals surface area contributed by atoms with Gasteiger partial charge in [0, 0.05) is 37.8 Å². The van der Waals surface area contributed by atoms with Crippen molar-refractivity contribution in [3.8, 4) is 11.8 Å². The van der Waals surface area contributed by atoms with Crippen molar-refractivity contribution < 1.29 is 18.8 Å². The Morgan fingerprint density at radius 3 is 2.58 bits per heavy atom. The van der Waals surface area contributed by atoms with Crippen LogP contribution in [-0.2, 0) is 11.3 Å². The van der Waals surface area contributed by atoms with E-state index in [4.69, 9.17) is 10.00 Å². The number of hydrogen-bond acceptors (Lipinski definition) is 6. The normalized spacial score (nSPS) is 19.0. The number of benzene rings is 2. The topological polar surface area (TPSA) is 99.7 Å². The molecule has 0 spiro atoms. The molecule has 0 radical (unpaired) electrons. The fourth-order valence-electron chi connectivity index (χ4n) is 3.66. The maximum absolute atomic E-state index is 13.1. The van der Waals surface area contributed by atoms with Gasteiger partial charge in [0.1, 0.15) is 5.82 Å². The molecule has 1 heterocycles. The summed E-state index contributed by atoms with van der Waals surface area (Å²) in [6.07, 6.45) is 0. The first-order valence-electron chi connectivity index (χ1n) is 9.87. The molecule has 31 heavy (non-hydrogen) atoms. The van der Waals surface area contributed by atoms with Crippen LogP contribution in [0.5, 0.6) is 5.75 Å². The average molecular weight is 426 g/mol. The van der Waals surface area contributed by atoms with E-state index in [0.717, 1.165) is 11.6 Å². The molecule has 0 aromatic heterocycles. The van der Waals surface area contributed by atoms with Crippen molar-refractivity contribution in [1.82, 2.24) is 9.80 Å². The number of carbonyl (C=O) groups is 1. The molecule has 2 aromatic rings. The Bertz CT molecular complexity index is 1010. The Hall–Kier alpha value is -3.51. The van der Waals surface area contributed by atoms with Gasteiger partial charge in [-0.25, -0.2) is 4.39 Å². The van der Waals surface area contributed by atoms with Crippen molar-refractivity contribution in [3.63, 3.8) is 0 Å². The quantitative estimate of drug-likeness (QED) is 0.520. The molecule has 1 aliphatic heterocycles. The lowest BCUT2D eigenvalue weighted by Gasteiger charge is -2.44. The molecule has 162 valence electrons. The first kappa shape index (κ1) is 22.2. The number of amides is 1. The van der Waals surface area contributed by atoms with Crippen molar-refractivity contribution in [2.24, 2.45) is 0 Å². The number of nitrogens with zero attached hydrogens (tertiary/aromatic N) is 4. The van der Waals surface area contributed by atoms with Crippen LogP contribution in [0.25, 0.3) is 0 Å². The number of nitro benzene ring substituents is 1. The van der Waals surface area contributed by atoms with Gasteiger partial charge in [0.15, 0.2) is 12.4 Å². The lowest BCUT2D eigenvalue weighted by molar-refractivity contribution is -0.385. The molecule has 2 aromatic carbocycles. The Labute approximate surface area is 179 Å². The Balaban J connectivity index is 1.61. The summed E-state index contributed by atoms with van der Waals surface area (Å²) >= 11 is 0. The molecule has 0 saturated carbocycles. The zero-order valence-electron chi connectivity index (χ0n) is 17.3. The van der Waals surface area contributed by atoms with Gasteiger partial charge in [0.25, 0.3) is 5.91 Å². The zero-order valence-corrected chi connectivity index (χ0v) is 17.3. The number of rotatable bonds is 6. The number of hydrogen-bond donors (Lipinski definition) is 0. The van der Waals surface area contributed by atoms with E-state index in [2.05, 4.69) is 4.90 Å². The predicted molar refractivity (Wildman–Crippen MR) is 111 cm³/mol. The van der Waals surface area contributed by atoms with E-state index < -0.39 is 4.92 Å². The molecule has 0 aliphatic carbocycles. The number of halogens is 1. The van der Waals surface area contributed by atoms with E-state index in [1.807, 2.05) is 19.9 Å². The number of nitriles is 1. The standard InChI is InChI=1S/C22H23FN4O4/c1-15-12-26(16(2)11-25(15)13-17-3-6-19(23)7-4-17)22(28)14-31-21-8-5-18(10-24)9-20(21)27(29)30/h3-9,15-16H,11-14H2,1-2H3/t15-,16+/m0/s1. The van der Waals surface area contributed by atoms with E-state index in [9.17, 15) is 19.3 Å². The average Bonchev–Trinajstić information content (AvgIpc) is 2.75. The summed E-state index contributed by atoms with van der Waals surface area (Å²) in [7, 11) is 0. The van der Waals surface area contributed by atoms with Gasteiger partial charge in [-0.2, -0.15) is 5.26 Å². The van der Waals surface area contributed by atoms with Crippen LogP contribution in [0, 0.1) is 27.3 Å². The summed E-state index contributed by atoms with van der Waals surface area (Å²) < 4.78 is 18.6. The van der Waals surface area contributed by atoms with E-state index in [-0.39, 0.29) is 47.4 Å². The Kier molecular flexibility index (Phi) is 6.82. The Morgan fingerprint density at radius 2 is 1.94 bits per heavy atom. The van der Waals surface area contributed by atoms with Crippen LogP contribution in [0.2, 0.25) is 0 Å². The van der Waals surface area contributed by atoms with Gasteiger partial charge in [-0.15, -0.1) is 0 Å². The Morgan fingerprint density at radius 1 is 1.23 bits per heavy atom. The second kappa shape index (κ2) is 9.53. The van der Waals surface area contributed by atoms with E-state index >= 15 is 0 Å². The third-order valence-corrected chi connectivity index (χ3v) is 5.37. The maximum Gasteiger partial charge on any atom is 0.312 e. The first-order chi connectivity index (χ1) is 14.8. The number of piperazine rings is 1. The highest BCUT2D eigenvalue weighted by Gasteiger charge is 2.32. The SMILES string of the molecule is C[C@@H]1CN(Cc2ccc(F)cc2)[C@@H](C)CN1C(=O)COc1ccc(C#N)cc1[N+](=O)[O-]. The van der Waals surface area contributed by atoms with Gasteiger partial charge in [-0.05, 0) is 43.7 Å². The van der Waals surface area contributed by atoms with Gasteiger partial charge in [-0.3, -0.25) is 19.8 Å². The van der Waals surface area contributed by atoms with Crippen molar-refractivity contribution in [2.45, 2.75) is 32.5 Å². The molecule has 0 bridgehead atoms. The molecule has 1 fully saturated rings.